The van der Waals surface area contributed by atoms with E-state index in [1.54, 1.807) is 24.3 Å². The van der Waals surface area contributed by atoms with Gasteiger partial charge >= 0.3 is 6.18 Å². The molecule has 1 aromatic carbocycles. The monoisotopic (exact) mass is 487 g/mol. The predicted octanol–water partition coefficient (Wildman–Crippen LogP) is 4.65. The van der Waals surface area contributed by atoms with Crippen molar-refractivity contribution in [3.8, 4) is 17.0 Å². The highest BCUT2D eigenvalue weighted by Crippen LogP contribution is 2.31. The normalized spacial score (nSPS) is 13.7. The number of amides is 1. The molecule has 0 atom stereocenters. The summed E-state index contributed by atoms with van der Waals surface area (Å²) in [7, 11) is 0. The van der Waals surface area contributed by atoms with Crippen LogP contribution in [0.4, 0.5) is 13.2 Å². The van der Waals surface area contributed by atoms with Gasteiger partial charge in [0.1, 0.15) is 5.60 Å². The van der Waals surface area contributed by atoms with E-state index >= 15 is 0 Å². The van der Waals surface area contributed by atoms with Crippen molar-refractivity contribution in [1.82, 2.24) is 15.4 Å². The molecule has 0 aliphatic carbocycles. The fraction of sp³-hybridized carbons (Fsp3) is 0.409. The second-order valence-electron chi connectivity index (χ2n) is 8.03. The van der Waals surface area contributed by atoms with Gasteiger partial charge in [0, 0.05) is 29.9 Å². The zero-order chi connectivity index (χ0) is 24.6. The molecule has 11 heteroatoms. The van der Waals surface area contributed by atoms with E-state index in [1.165, 1.54) is 17.3 Å². The quantitative estimate of drug-likeness (QED) is 0.618. The molecule has 1 amide bonds. The maximum Gasteiger partial charge on any atom is 0.422 e. The Bertz CT molecular complexity index is 941. The van der Waals surface area contributed by atoms with E-state index in [9.17, 15) is 22.8 Å². The number of nitrogens with one attached hydrogen (secondary N) is 1. The smallest absolute Gasteiger partial charge is 0.422 e. The van der Waals surface area contributed by atoms with E-state index in [0.717, 1.165) is 6.42 Å². The number of carbonyl (C=O) groups is 2. The Hall–Kier alpha value is -2.85. The van der Waals surface area contributed by atoms with Gasteiger partial charge in [-0.05, 0) is 51.0 Å². The first-order valence-electron chi connectivity index (χ1n) is 10.0. The second kappa shape index (κ2) is 11.3. The Morgan fingerprint density at radius 3 is 2.39 bits per heavy atom. The standard InChI is InChI=1S/C17H15ClF3N3O2.C5H10O2/c18-13-4-2-11(3-5-13)14-8-12(16(25)24-7-1-6-23-24)9-22-15(14)26-10-17(19,20)21;1-5(2,3)7-4-6/h2-5,8-9,23H,1,6-7,10H2;4H,1-3H3. The number of carbonyl (C=O) groups excluding carboxylic acids is 2. The van der Waals surface area contributed by atoms with E-state index in [0.29, 0.717) is 30.1 Å². The zero-order valence-corrected chi connectivity index (χ0v) is 19.2. The molecule has 7 nitrogen and oxygen atoms in total. The Kier molecular flexibility index (Phi) is 9.07. The number of alkyl halides is 3. The molecule has 0 radical (unpaired) electrons. The summed E-state index contributed by atoms with van der Waals surface area (Å²) in [4.78, 5) is 26.0. The third-order valence-electron chi connectivity index (χ3n) is 4.13. The van der Waals surface area contributed by atoms with Gasteiger partial charge < -0.3 is 9.47 Å². The Labute approximate surface area is 194 Å². The van der Waals surface area contributed by atoms with Crippen molar-refractivity contribution in [3.63, 3.8) is 0 Å². The van der Waals surface area contributed by atoms with Gasteiger partial charge in [-0.15, -0.1) is 0 Å². The highest BCUT2D eigenvalue weighted by atomic mass is 35.5. The fourth-order valence-corrected chi connectivity index (χ4v) is 2.80. The highest BCUT2D eigenvalue weighted by molar-refractivity contribution is 6.30. The lowest BCUT2D eigenvalue weighted by Gasteiger charge is -2.17. The van der Waals surface area contributed by atoms with Crippen LogP contribution in [-0.2, 0) is 9.53 Å². The molecule has 2 heterocycles. The molecule has 1 saturated heterocycles. The Morgan fingerprint density at radius 1 is 1.24 bits per heavy atom. The van der Waals surface area contributed by atoms with Crippen LogP contribution in [0.15, 0.2) is 36.5 Å². The lowest BCUT2D eigenvalue weighted by molar-refractivity contribution is -0.154. The molecular weight excluding hydrogens is 463 g/mol. The van der Waals surface area contributed by atoms with Crippen molar-refractivity contribution in [2.45, 2.75) is 39.0 Å². The van der Waals surface area contributed by atoms with Crippen molar-refractivity contribution in [2.75, 3.05) is 19.7 Å². The first-order chi connectivity index (χ1) is 15.4. The number of hydrogen-bond acceptors (Lipinski definition) is 6. The van der Waals surface area contributed by atoms with Crippen molar-refractivity contribution in [1.29, 1.82) is 0 Å². The fourth-order valence-electron chi connectivity index (χ4n) is 2.67. The van der Waals surface area contributed by atoms with Crippen LogP contribution in [0.3, 0.4) is 0 Å². The zero-order valence-electron chi connectivity index (χ0n) is 18.4. The second-order valence-corrected chi connectivity index (χ2v) is 8.47. The Morgan fingerprint density at radius 2 is 1.91 bits per heavy atom. The van der Waals surface area contributed by atoms with Gasteiger partial charge in [-0.3, -0.25) is 14.6 Å². The molecule has 0 bridgehead atoms. The molecule has 180 valence electrons. The molecular formula is C22H25ClF3N3O4. The summed E-state index contributed by atoms with van der Waals surface area (Å²) in [5.74, 6) is -0.497. The lowest BCUT2D eigenvalue weighted by atomic mass is 10.0. The molecule has 1 aliphatic rings. The number of hydrazine groups is 1. The number of pyridine rings is 1. The molecule has 0 spiro atoms. The minimum Gasteiger partial charge on any atom is -0.468 e. The highest BCUT2D eigenvalue weighted by Gasteiger charge is 2.29. The summed E-state index contributed by atoms with van der Waals surface area (Å²) in [6.45, 7) is 5.70. The maximum atomic E-state index is 12.5. The largest absolute Gasteiger partial charge is 0.468 e. The van der Waals surface area contributed by atoms with Crippen molar-refractivity contribution >= 4 is 24.0 Å². The lowest BCUT2D eigenvalue weighted by Crippen LogP contribution is -2.36. The molecule has 1 aromatic heterocycles. The molecule has 1 fully saturated rings. The van der Waals surface area contributed by atoms with Gasteiger partial charge in [0.25, 0.3) is 12.4 Å². The Balaban J connectivity index is 0.000000479. The molecule has 0 unspecified atom stereocenters. The van der Waals surface area contributed by atoms with E-state index < -0.39 is 12.8 Å². The van der Waals surface area contributed by atoms with Crippen LogP contribution in [0, 0.1) is 0 Å². The van der Waals surface area contributed by atoms with Crippen LogP contribution in [-0.4, -0.2) is 53.8 Å². The van der Waals surface area contributed by atoms with Crippen LogP contribution >= 0.6 is 11.6 Å². The van der Waals surface area contributed by atoms with Gasteiger partial charge in [0.05, 0.1) is 5.56 Å². The summed E-state index contributed by atoms with van der Waals surface area (Å²) in [6.07, 6.45) is -2.45. The number of nitrogens with zero attached hydrogens (tertiary/aromatic N) is 2. The van der Waals surface area contributed by atoms with Crippen LogP contribution < -0.4 is 10.2 Å². The average Bonchev–Trinajstić information content (AvgIpc) is 3.26. The summed E-state index contributed by atoms with van der Waals surface area (Å²) < 4.78 is 46.9. The van der Waals surface area contributed by atoms with Crippen LogP contribution in [0.2, 0.25) is 5.02 Å². The average molecular weight is 488 g/mol. The summed E-state index contributed by atoms with van der Waals surface area (Å²) >= 11 is 5.86. The number of halogens is 4. The molecule has 0 saturated carbocycles. The van der Waals surface area contributed by atoms with Crippen LogP contribution in [0.5, 0.6) is 5.88 Å². The van der Waals surface area contributed by atoms with Gasteiger partial charge in [-0.25, -0.2) is 10.4 Å². The van der Waals surface area contributed by atoms with Gasteiger partial charge in [-0.2, -0.15) is 13.2 Å². The van der Waals surface area contributed by atoms with Gasteiger partial charge in [-0.1, -0.05) is 23.7 Å². The van der Waals surface area contributed by atoms with E-state index in [4.69, 9.17) is 16.3 Å². The number of benzene rings is 1. The van der Waals surface area contributed by atoms with Crippen LogP contribution in [0.1, 0.15) is 37.6 Å². The first-order valence-corrected chi connectivity index (χ1v) is 10.4. The number of rotatable bonds is 5. The third kappa shape index (κ3) is 8.89. The SMILES string of the molecule is CC(C)(C)OC=O.O=C(c1cnc(OCC(F)(F)F)c(-c2ccc(Cl)cc2)c1)N1CCCN1. The molecule has 1 aliphatic heterocycles. The van der Waals surface area contributed by atoms with Gasteiger partial charge in [0.15, 0.2) is 6.61 Å². The summed E-state index contributed by atoms with van der Waals surface area (Å²) in [6, 6.07) is 7.93. The molecule has 3 rings (SSSR count). The van der Waals surface area contributed by atoms with Crippen molar-refractivity contribution in [2.24, 2.45) is 0 Å². The summed E-state index contributed by atoms with van der Waals surface area (Å²) in [5, 5.41) is 1.94. The number of ether oxygens (including phenoxy) is 2. The maximum absolute atomic E-state index is 12.5. The molecule has 33 heavy (non-hydrogen) atoms. The minimum absolute atomic E-state index is 0.199. The predicted molar refractivity (Wildman–Crippen MR) is 117 cm³/mol. The number of aromatic nitrogens is 1. The number of hydrogen-bond donors (Lipinski definition) is 1. The van der Waals surface area contributed by atoms with Gasteiger partial charge in [0.2, 0.25) is 5.88 Å². The molecule has 2 aromatic rings. The minimum atomic E-state index is -4.49. The van der Waals surface area contributed by atoms with Crippen molar-refractivity contribution in [3.05, 3.63) is 47.1 Å². The summed E-state index contributed by atoms with van der Waals surface area (Å²) in [5.41, 5.74) is 3.71. The third-order valence-corrected chi connectivity index (χ3v) is 4.39. The van der Waals surface area contributed by atoms with E-state index in [2.05, 4.69) is 15.1 Å². The van der Waals surface area contributed by atoms with E-state index in [-0.39, 0.29) is 28.5 Å². The molecule has 1 N–H and O–H groups in total. The topological polar surface area (TPSA) is 80.8 Å². The van der Waals surface area contributed by atoms with Crippen LogP contribution in [0.25, 0.3) is 11.1 Å². The van der Waals surface area contributed by atoms with Crippen molar-refractivity contribution < 1.29 is 32.2 Å². The van der Waals surface area contributed by atoms with E-state index in [1.807, 2.05) is 20.8 Å². The first kappa shape index (κ1) is 26.4.